The number of rotatable bonds is 0. The first-order valence-corrected chi connectivity index (χ1v) is 1.13. The van der Waals surface area contributed by atoms with Crippen molar-refractivity contribution in [2.24, 2.45) is 0 Å². The molecular weight excluding hydrogens is 92.0 g/mol. The Labute approximate surface area is 32.7 Å². The summed E-state index contributed by atoms with van der Waals surface area (Å²) in [4.78, 5) is 0. The van der Waals surface area contributed by atoms with Gasteiger partial charge in [0.25, 0.3) is 0 Å². The first-order valence-electron chi connectivity index (χ1n) is 1.13. The van der Waals surface area contributed by atoms with Crippen molar-refractivity contribution in [3.63, 3.8) is 0 Å². The van der Waals surface area contributed by atoms with Crippen molar-refractivity contribution in [3.8, 4) is 0 Å². The maximum absolute atomic E-state index is 10.6. The Hall–Kier alpha value is -0.870. The van der Waals surface area contributed by atoms with E-state index in [0.29, 0.717) is 11.1 Å². The topological polar surface area (TPSA) is 47.9 Å². The molecule has 36 valence electrons. The van der Waals surface area contributed by atoms with Crippen molar-refractivity contribution in [2.75, 3.05) is 0 Å². The molecule has 3 N–H and O–H groups in total. The van der Waals surface area contributed by atoms with Gasteiger partial charge in [0.1, 0.15) is 0 Å². The molecule has 0 saturated heterocycles. The SMILES string of the molecule is N=C(NF)NF. The minimum atomic E-state index is -0.991. The second-order valence-corrected chi connectivity index (χ2v) is 0.564. The van der Waals surface area contributed by atoms with Gasteiger partial charge in [-0.15, -0.1) is 8.96 Å². The fraction of sp³-hybridized carbons (Fsp3) is 0. The molecule has 0 aliphatic carbocycles. The molecule has 0 bridgehead atoms. The van der Waals surface area contributed by atoms with E-state index < -0.39 is 5.96 Å². The first kappa shape index (κ1) is 5.13. The highest BCUT2D eigenvalue weighted by molar-refractivity contribution is 5.73. The van der Waals surface area contributed by atoms with Crippen LogP contribution in [0.5, 0.6) is 0 Å². The molecule has 5 heteroatoms. The Morgan fingerprint density at radius 1 is 1.33 bits per heavy atom. The van der Waals surface area contributed by atoms with Gasteiger partial charge >= 0.3 is 0 Å². The van der Waals surface area contributed by atoms with Crippen LogP contribution in [0.1, 0.15) is 0 Å². The summed E-state index contributed by atoms with van der Waals surface area (Å²) in [5.74, 6) is -0.991. The van der Waals surface area contributed by atoms with Gasteiger partial charge in [0.15, 0.2) is 0 Å². The second-order valence-electron chi connectivity index (χ2n) is 0.564. The minimum Gasteiger partial charge on any atom is -0.265 e. The highest BCUT2D eigenvalue weighted by atomic mass is 19.2. The van der Waals surface area contributed by atoms with Crippen molar-refractivity contribution < 1.29 is 8.96 Å². The molecule has 0 rings (SSSR count). The zero-order valence-corrected chi connectivity index (χ0v) is 2.76. The highest BCUT2D eigenvalue weighted by Crippen LogP contribution is 1.54. The van der Waals surface area contributed by atoms with Crippen molar-refractivity contribution in [3.05, 3.63) is 0 Å². The minimum absolute atomic E-state index is 0.712. The fourth-order valence-electron chi connectivity index (χ4n) is 0.0179. The Morgan fingerprint density at radius 3 is 1.67 bits per heavy atom. The van der Waals surface area contributed by atoms with Gasteiger partial charge in [-0.2, -0.15) is 11.1 Å². The van der Waals surface area contributed by atoms with Crippen LogP contribution in [0.15, 0.2) is 0 Å². The Balaban J connectivity index is 2.99. The number of guanidine groups is 1. The molecule has 0 amide bonds. The molecule has 0 spiro atoms. The molecule has 6 heavy (non-hydrogen) atoms. The van der Waals surface area contributed by atoms with E-state index in [9.17, 15) is 8.96 Å². The molecule has 0 heterocycles. The molecule has 0 fully saturated rings. The van der Waals surface area contributed by atoms with Crippen LogP contribution in [0.4, 0.5) is 8.96 Å². The standard InChI is InChI=1S/CH3F2N3/c2-5-1(4)6-3/h(H3,4,5,6). The zero-order chi connectivity index (χ0) is 4.99. The van der Waals surface area contributed by atoms with Crippen LogP contribution in [0.3, 0.4) is 0 Å². The smallest absolute Gasteiger partial charge is 0.245 e. The van der Waals surface area contributed by atoms with Gasteiger partial charge in [-0.05, 0) is 0 Å². The van der Waals surface area contributed by atoms with E-state index in [1.54, 1.807) is 0 Å². The van der Waals surface area contributed by atoms with Gasteiger partial charge in [0.2, 0.25) is 5.96 Å². The molecule has 0 atom stereocenters. The molecule has 3 nitrogen and oxygen atoms in total. The quantitative estimate of drug-likeness (QED) is 0.223. The van der Waals surface area contributed by atoms with Gasteiger partial charge in [0.05, 0.1) is 0 Å². The molecule has 0 aliphatic rings. The molecule has 0 aromatic carbocycles. The van der Waals surface area contributed by atoms with Gasteiger partial charge in [-0.3, -0.25) is 5.41 Å². The van der Waals surface area contributed by atoms with E-state index in [0.717, 1.165) is 0 Å². The third-order valence-electron chi connectivity index (χ3n) is 0.189. The molecule has 0 saturated carbocycles. The van der Waals surface area contributed by atoms with Crippen molar-refractivity contribution in [1.82, 2.24) is 11.1 Å². The average molecular weight is 95.1 g/mol. The number of halogens is 2. The fourth-order valence-corrected chi connectivity index (χ4v) is 0.0179. The summed E-state index contributed by atoms with van der Waals surface area (Å²) < 4.78 is 21.2. The summed E-state index contributed by atoms with van der Waals surface area (Å²) in [7, 11) is 0. The summed E-state index contributed by atoms with van der Waals surface area (Å²) >= 11 is 0. The Morgan fingerprint density at radius 2 is 1.67 bits per heavy atom. The van der Waals surface area contributed by atoms with Crippen LogP contribution in [-0.2, 0) is 0 Å². The molecule has 0 aromatic rings. The van der Waals surface area contributed by atoms with Crippen LogP contribution < -0.4 is 11.1 Å². The lowest BCUT2D eigenvalue weighted by molar-refractivity contribution is 0.364. The molecular formula is CH3F2N3. The lowest BCUT2D eigenvalue weighted by Gasteiger charge is -1.87. The van der Waals surface area contributed by atoms with Crippen LogP contribution in [0.25, 0.3) is 0 Å². The summed E-state index contributed by atoms with van der Waals surface area (Å²) in [6.07, 6.45) is 0. The maximum atomic E-state index is 10.6. The van der Waals surface area contributed by atoms with Crippen molar-refractivity contribution in [2.45, 2.75) is 0 Å². The summed E-state index contributed by atoms with van der Waals surface area (Å²) in [6, 6.07) is 0. The zero-order valence-electron chi connectivity index (χ0n) is 2.76. The van der Waals surface area contributed by atoms with E-state index in [1.807, 2.05) is 0 Å². The Bertz CT molecular complexity index is 46.8. The van der Waals surface area contributed by atoms with Crippen LogP contribution >= 0.6 is 0 Å². The largest absolute Gasteiger partial charge is 0.265 e. The third-order valence-corrected chi connectivity index (χ3v) is 0.189. The predicted molar refractivity (Wildman–Crippen MR) is 16.2 cm³/mol. The monoisotopic (exact) mass is 95.0 g/mol. The van der Waals surface area contributed by atoms with Crippen LogP contribution in [0.2, 0.25) is 0 Å². The summed E-state index contributed by atoms with van der Waals surface area (Å²) in [5, 5.41) is 6.01. The van der Waals surface area contributed by atoms with Crippen molar-refractivity contribution >= 4 is 5.96 Å². The summed E-state index contributed by atoms with van der Waals surface area (Å²) in [6.45, 7) is 0. The lowest BCUT2D eigenvalue weighted by atomic mass is 11.1. The number of hydrogen-bond acceptors (Lipinski definition) is 1. The van der Waals surface area contributed by atoms with Gasteiger partial charge in [-0.1, -0.05) is 0 Å². The average Bonchev–Trinajstić information content (AvgIpc) is 1.65. The lowest BCUT2D eigenvalue weighted by Crippen LogP contribution is -2.23. The van der Waals surface area contributed by atoms with Crippen LogP contribution in [0, 0.1) is 5.41 Å². The molecule has 0 radical (unpaired) electrons. The predicted octanol–water partition coefficient (Wildman–Crippen LogP) is -0.131. The molecule has 0 unspecified atom stereocenters. The molecule has 0 aromatic heterocycles. The second kappa shape index (κ2) is 2.37. The van der Waals surface area contributed by atoms with Crippen LogP contribution in [-0.4, -0.2) is 5.96 Å². The highest BCUT2D eigenvalue weighted by Gasteiger charge is 1.83. The number of nitrogens with one attached hydrogen (secondary N) is 3. The Kier molecular flexibility index (Phi) is 2.03. The van der Waals surface area contributed by atoms with Crippen molar-refractivity contribution in [1.29, 1.82) is 5.41 Å². The third kappa shape index (κ3) is 1.45. The van der Waals surface area contributed by atoms with Gasteiger partial charge in [-0.25, -0.2) is 0 Å². The summed E-state index contributed by atoms with van der Waals surface area (Å²) in [5.41, 5.74) is 1.42. The van der Waals surface area contributed by atoms with E-state index in [1.165, 1.54) is 0 Å². The van der Waals surface area contributed by atoms with Gasteiger partial charge < -0.3 is 0 Å². The molecule has 0 aliphatic heterocycles. The number of hydrogen-bond donors (Lipinski definition) is 3. The van der Waals surface area contributed by atoms with E-state index in [2.05, 4.69) is 0 Å². The van der Waals surface area contributed by atoms with E-state index >= 15 is 0 Å². The normalized spacial score (nSPS) is 7.00. The maximum Gasteiger partial charge on any atom is 0.245 e. The first-order chi connectivity index (χ1) is 2.81. The van der Waals surface area contributed by atoms with Gasteiger partial charge in [0, 0.05) is 0 Å². The van der Waals surface area contributed by atoms with E-state index in [4.69, 9.17) is 5.41 Å². The van der Waals surface area contributed by atoms with E-state index in [-0.39, 0.29) is 0 Å².